The Hall–Kier alpha value is -0.470. The van der Waals surface area contributed by atoms with Crippen LogP contribution in [0.3, 0.4) is 0 Å². The molecule has 0 amide bonds. The first-order valence-corrected chi connectivity index (χ1v) is 6.02. The van der Waals surface area contributed by atoms with Crippen LogP contribution >= 0.6 is 23.2 Å². The van der Waals surface area contributed by atoms with E-state index in [9.17, 15) is 0 Å². The Kier molecular flexibility index (Phi) is 5.20. The maximum Gasteiger partial charge on any atom is 0.128 e. The van der Waals surface area contributed by atoms with Gasteiger partial charge in [0.15, 0.2) is 0 Å². The number of pyridine rings is 1. The third kappa shape index (κ3) is 3.54. The van der Waals surface area contributed by atoms with E-state index in [1.54, 1.807) is 0 Å². The highest BCUT2D eigenvalue weighted by Crippen LogP contribution is 2.20. The van der Waals surface area contributed by atoms with Crippen LogP contribution in [0.15, 0.2) is 12.1 Å². The van der Waals surface area contributed by atoms with Gasteiger partial charge in [0, 0.05) is 13.6 Å². The number of rotatable bonds is 5. The van der Waals surface area contributed by atoms with Crippen molar-refractivity contribution in [2.45, 2.75) is 25.6 Å². The topological polar surface area (TPSA) is 16.1 Å². The average molecular weight is 247 g/mol. The van der Waals surface area contributed by atoms with Gasteiger partial charge in [0.25, 0.3) is 0 Å². The lowest BCUT2D eigenvalue weighted by Gasteiger charge is -2.18. The molecule has 84 valence electrons. The van der Waals surface area contributed by atoms with Crippen LogP contribution in [0, 0.1) is 0 Å². The number of hydrogen-bond donors (Lipinski definition) is 0. The van der Waals surface area contributed by atoms with E-state index in [0.29, 0.717) is 10.9 Å². The van der Waals surface area contributed by atoms with Crippen LogP contribution in [0.2, 0.25) is 5.02 Å². The van der Waals surface area contributed by atoms with Crippen LogP contribution in [0.4, 0.5) is 5.82 Å². The summed E-state index contributed by atoms with van der Waals surface area (Å²) < 4.78 is 0. The van der Waals surface area contributed by atoms with Crippen molar-refractivity contribution in [2.24, 2.45) is 0 Å². The Balaban J connectivity index is 2.76. The molecule has 0 radical (unpaired) electrons. The number of nitrogens with zero attached hydrogens (tertiary/aromatic N) is 2. The largest absolute Gasteiger partial charge is 0.360 e. The van der Waals surface area contributed by atoms with Crippen molar-refractivity contribution in [3.05, 3.63) is 22.8 Å². The highest BCUT2D eigenvalue weighted by Gasteiger charge is 2.06. The number of hydrogen-bond acceptors (Lipinski definition) is 2. The van der Waals surface area contributed by atoms with Gasteiger partial charge in [0.2, 0.25) is 0 Å². The summed E-state index contributed by atoms with van der Waals surface area (Å²) in [6, 6.07) is 3.78. The molecule has 0 spiro atoms. The first-order valence-electron chi connectivity index (χ1n) is 5.11. The number of anilines is 1. The van der Waals surface area contributed by atoms with Gasteiger partial charge < -0.3 is 4.90 Å². The molecule has 1 aromatic rings. The molecule has 0 fully saturated rings. The van der Waals surface area contributed by atoms with Crippen molar-refractivity contribution >= 4 is 29.0 Å². The predicted molar refractivity (Wildman–Crippen MR) is 67.0 cm³/mol. The molecular weight excluding hydrogens is 231 g/mol. The van der Waals surface area contributed by atoms with Gasteiger partial charge in [0.05, 0.1) is 16.6 Å². The molecule has 0 saturated carbocycles. The molecule has 0 aromatic carbocycles. The predicted octanol–water partition coefficient (Wildman–Crippen LogP) is 3.71. The smallest absolute Gasteiger partial charge is 0.128 e. The normalized spacial score (nSPS) is 10.4. The number of aromatic nitrogens is 1. The van der Waals surface area contributed by atoms with E-state index in [2.05, 4.69) is 16.8 Å². The third-order valence-electron chi connectivity index (χ3n) is 2.27. The fourth-order valence-electron chi connectivity index (χ4n) is 1.29. The van der Waals surface area contributed by atoms with Gasteiger partial charge in [-0.2, -0.15) is 0 Å². The summed E-state index contributed by atoms with van der Waals surface area (Å²) >= 11 is 11.7. The van der Waals surface area contributed by atoms with E-state index in [-0.39, 0.29) is 0 Å². The lowest BCUT2D eigenvalue weighted by molar-refractivity contribution is 0.758. The second-order valence-electron chi connectivity index (χ2n) is 3.51. The highest BCUT2D eigenvalue weighted by molar-refractivity contribution is 6.32. The van der Waals surface area contributed by atoms with E-state index in [0.717, 1.165) is 24.5 Å². The molecule has 4 heteroatoms. The van der Waals surface area contributed by atoms with Gasteiger partial charge in [-0.1, -0.05) is 24.9 Å². The van der Waals surface area contributed by atoms with E-state index >= 15 is 0 Å². The SMILES string of the molecule is CCCCN(C)c1ccc(Cl)c(CCl)n1. The summed E-state index contributed by atoms with van der Waals surface area (Å²) in [6.07, 6.45) is 2.34. The average Bonchev–Trinajstić information content (AvgIpc) is 2.26. The molecule has 0 saturated heterocycles. The fourth-order valence-corrected chi connectivity index (χ4v) is 1.73. The molecule has 0 N–H and O–H groups in total. The van der Waals surface area contributed by atoms with Crippen molar-refractivity contribution in [2.75, 3.05) is 18.5 Å². The Morgan fingerprint density at radius 2 is 2.13 bits per heavy atom. The minimum Gasteiger partial charge on any atom is -0.360 e. The first-order chi connectivity index (χ1) is 7.19. The molecule has 1 heterocycles. The first kappa shape index (κ1) is 12.6. The third-order valence-corrected chi connectivity index (χ3v) is 2.87. The second kappa shape index (κ2) is 6.19. The summed E-state index contributed by atoms with van der Waals surface area (Å²) in [5.74, 6) is 1.29. The lowest BCUT2D eigenvalue weighted by Crippen LogP contribution is -2.19. The summed E-state index contributed by atoms with van der Waals surface area (Å²) in [5.41, 5.74) is 0.749. The molecule has 1 rings (SSSR count). The van der Waals surface area contributed by atoms with Crippen LogP contribution < -0.4 is 4.90 Å². The standard InChI is InChI=1S/C11H16Cl2N2/c1-3-4-7-15(2)11-6-5-9(13)10(8-12)14-11/h5-6H,3-4,7-8H2,1-2H3. The zero-order valence-electron chi connectivity index (χ0n) is 9.13. The second-order valence-corrected chi connectivity index (χ2v) is 4.18. The molecule has 0 unspecified atom stereocenters. The monoisotopic (exact) mass is 246 g/mol. The van der Waals surface area contributed by atoms with Crippen molar-refractivity contribution in [1.29, 1.82) is 0 Å². The van der Waals surface area contributed by atoms with Crippen LogP contribution in [0.5, 0.6) is 0 Å². The molecule has 1 aromatic heterocycles. The number of unbranched alkanes of at least 4 members (excludes halogenated alkanes) is 1. The maximum absolute atomic E-state index is 5.94. The van der Waals surface area contributed by atoms with Gasteiger partial charge >= 0.3 is 0 Å². The molecule has 0 aliphatic heterocycles. The Labute approximate surface area is 101 Å². The molecule has 15 heavy (non-hydrogen) atoms. The fraction of sp³-hybridized carbons (Fsp3) is 0.545. The zero-order valence-corrected chi connectivity index (χ0v) is 10.6. The summed E-state index contributed by atoms with van der Waals surface area (Å²) in [5, 5.41) is 0.637. The molecule has 0 aliphatic rings. The molecule has 0 bridgehead atoms. The number of alkyl halides is 1. The van der Waals surface area contributed by atoms with Crippen LogP contribution in [-0.4, -0.2) is 18.6 Å². The molecule has 0 aliphatic carbocycles. The molecule has 2 nitrogen and oxygen atoms in total. The van der Waals surface area contributed by atoms with Crippen molar-refractivity contribution < 1.29 is 0 Å². The van der Waals surface area contributed by atoms with Crippen molar-refractivity contribution in [3.8, 4) is 0 Å². The van der Waals surface area contributed by atoms with Gasteiger partial charge in [-0.05, 0) is 18.6 Å². The summed E-state index contributed by atoms with van der Waals surface area (Å²) in [7, 11) is 2.03. The van der Waals surface area contributed by atoms with E-state index in [1.165, 1.54) is 6.42 Å². The molecule has 0 atom stereocenters. The zero-order chi connectivity index (χ0) is 11.3. The minimum atomic E-state index is 0.355. The maximum atomic E-state index is 5.94. The Morgan fingerprint density at radius 3 is 2.73 bits per heavy atom. The highest BCUT2D eigenvalue weighted by atomic mass is 35.5. The van der Waals surface area contributed by atoms with Crippen LogP contribution in [-0.2, 0) is 5.88 Å². The minimum absolute atomic E-state index is 0.355. The molecular formula is C11H16Cl2N2. The van der Waals surface area contributed by atoms with E-state index in [4.69, 9.17) is 23.2 Å². The van der Waals surface area contributed by atoms with Gasteiger partial charge in [-0.3, -0.25) is 0 Å². The van der Waals surface area contributed by atoms with E-state index in [1.807, 2.05) is 19.2 Å². The van der Waals surface area contributed by atoms with Crippen LogP contribution in [0.25, 0.3) is 0 Å². The number of halogens is 2. The summed E-state index contributed by atoms with van der Waals surface area (Å²) in [4.78, 5) is 6.53. The Bertz CT molecular complexity index is 315. The van der Waals surface area contributed by atoms with Gasteiger partial charge in [-0.15, -0.1) is 11.6 Å². The van der Waals surface area contributed by atoms with E-state index < -0.39 is 0 Å². The lowest BCUT2D eigenvalue weighted by atomic mass is 10.3. The van der Waals surface area contributed by atoms with Gasteiger partial charge in [-0.25, -0.2) is 4.98 Å². The summed E-state index contributed by atoms with van der Waals surface area (Å²) in [6.45, 7) is 3.18. The van der Waals surface area contributed by atoms with Crippen molar-refractivity contribution in [3.63, 3.8) is 0 Å². The van der Waals surface area contributed by atoms with Gasteiger partial charge in [0.1, 0.15) is 5.82 Å². The quantitative estimate of drug-likeness (QED) is 0.737. The van der Waals surface area contributed by atoms with Crippen LogP contribution in [0.1, 0.15) is 25.5 Å². The van der Waals surface area contributed by atoms with Crippen molar-refractivity contribution in [1.82, 2.24) is 4.98 Å². The Morgan fingerprint density at radius 1 is 1.40 bits per heavy atom.